The lowest BCUT2D eigenvalue weighted by Gasteiger charge is -2.06. The van der Waals surface area contributed by atoms with Gasteiger partial charge in [0.15, 0.2) is 0 Å². The van der Waals surface area contributed by atoms with Crippen molar-refractivity contribution in [1.29, 1.82) is 0 Å². The van der Waals surface area contributed by atoms with Crippen LogP contribution in [0, 0.1) is 0 Å². The molecule has 0 saturated carbocycles. The first kappa shape index (κ1) is 8.18. The molecule has 1 N–H and O–H groups in total. The highest BCUT2D eigenvalue weighted by Gasteiger charge is 2.00. The molecule has 0 amide bonds. The zero-order valence-corrected chi connectivity index (χ0v) is 7.26. The molecule has 58 valence electrons. The van der Waals surface area contributed by atoms with Gasteiger partial charge in [-0.25, -0.2) is 0 Å². The van der Waals surface area contributed by atoms with Crippen molar-refractivity contribution in [2.24, 2.45) is 0 Å². The van der Waals surface area contributed by atoms with Gasteiger partial charge in [-0.05, 0) is 23.0 Å². The van der Waals surface area contributed by atoms with Gasteiger partial charge in [0.2, 0.25) is 0 Å². The van der Waals surface area contributed by atoms with Crippen LogP contribution in [0.2, 0.25) is 0 Å². The fourth-order valence-electron chi connectivity index (χ4n) is 1.04. The van der Waals surface area contributed by atoms with E-state index in [0.717, 1.165) is 5.46 Å². The number of aromatic hydroxyl groups is 1. The Bertz CT molecular complexity index is 256. The number of hydrogen-bond donors (Lipinski definition) is 1. The van der Waals surface area contributed by atoms with Crippen LogP contribution in [0.1, 0.15) is 25.3 Å². The van der Waals surface area contributed by atoms with Crippen LogP contribution in [0.5, 0.6) is 5.75 Å². The molecule has 0 aliphatic carbocycles. The van der Waals surface area contributed by atoms with Gasteiger partial charge in [-0.1, -0.05) is 26.0 Å². The lowest BCUT2D eigenvalue weighted by molar-refractivity contribution is 0.479. The summed E-state index contributed by atoms with van der Waals surface area (Å²) in [6.07, 6.45) is 0. The number of hydrogen-bond acceptors (Lipinski definition) is 1. The summed E-state index contributed by atoms with van der Waals surface area (Å²) in [6.45, 7) is 4.29. The summed E-state index contributed by atoms with van der Waals surface area (Å²) in [5.74, 6) is 0.920. The summed E-state index contributed by atoms with van der Waals surface area (Å²) in [6, 6.07) is 5.75. The van der Waals surface area contributed by atoms with Gasteiger partial charge >= 0.3 is 0 Å². The predicted octanol–water partition coefficient (Wildman–Crippen LogP) is 0.774. The van der Waals surface area contributed by atoms with Crippen LogP contribution in [-0.2, 0) is 0 Å². The highest BCUT2D eigenvalue weighted by molar-refractivity contribution is 6.34. The molecule has 0 spiro atoms. The van der Waals surface area contributed by atoms with Crippen molar-refractivity contribution >= 4 is 13.3 Å². The minimum atomic E-state index is 0.384. The second kappa shape index (κ2) is 2.99. The standard InChI is InChI=1S/C9H13BO/c1-6(2)7-3-4-9(11)8(10)5-7/h3-6,11H,10H2,1-2H3. The van der Waals surface area contributed by atoms with Gasteiger partial charge in [-0.2, -0.15) is 0 Å². The van der Waals surface area contributed by atoms with Crippen molar-refractivity contribution in [2.75, 3.05) is 0 Å². The van der Waals surface area contributed by atoms with Crippen molar-refractivity contribution in [2.45, 2.75) is 19.8 Å². The lowest BCUT2D eigenvalue weighted by Crippen LogP contribution is -2.04. The highest BCUT2D eigenvalue weighted by Crippen LogP contribution is 2.14. The van der Waals surface area contributed by atoms with Crippen LogP contribution in [0.3, 0.4) is 0 Å². The Balaban J connectivity index is 3.05. The van der Waals surface area contributed by atoms with Crippen LogP contribution in [0.25, 0.3) is 0 Å². The Morgan fingerprint density at radius 1 is 1.36 bits per heavy atom. The van der Waals surface area contributed by atoms with E-state index in [-0.39, 0.29) is 0 Å². The maximum absolute atomic E-state index is 9.23. The third-order valence-electron chi connectivity index (χ3n) is 1.89. The molecule has 0 unspecified atom stereocenters. The van der Waals surface area contributed by atoms with E-state index in [0.29, 0.717) is 11.7 Å². The molecule has 0 atom stereocenters. The van der Waals surface area contributed by atoms with E-state index in [1.165, 1.54) is 5.56 Å². The first-order chi connectivity index (χ1) is 5.11. The summed E-state index contributed by atoms with van der Waals surface area (Å²) in [4.78, 5) is 0. The van der Waals surface area contributed by atoms with Crippen molar-refractivity contribution in [3.8, 4) is 5.75 Å². The zero-order chi connectivity index (χ0) is 8.43. The van der Waals surface area contributed by atoms with Gasteiger partial charge in [0.05, 0.1) is 0 Å². The van der Waals surface area contributed by atoms with Crippen LogP contribution in [0.15, 0.2) is 18.2 Å². The lowest BCUT2D eigenvalue weighted by atomic mass is 9.90. The van der Waals surface area contributed by atoms with E-state index in [2.05, 4.69) is 13.8 Å². The third kappa shape index (κ3) is 1.76. The topological polar surface area (TPSA) is 20.2 Å². The molecule has 11 heavy (non-hydrogen) atoms. The maximum Gasteiger partial charge on any atom is 0.144 e. The number of phenolic OH excluding ortho intramolecular Hbond substituents is 1. The molecule has 0 aliphatic heterocycles. The molecule has 0 bridgehead atoms. The molecule has 1 nitrogen and oxygen atoms in total. The van der Waals surface area contributed by atoms with Crippen molar-refractivity contribution in [1.82, 2.24) is 0 Å². The molecule has 0 aliphatic rings. The fourth-order valence-corrected chi connectivity index (χ4v) is 1.04. The number of rotatable bonds is 1. The molecule has 1 aromatic carbocycles. The molecule has 0 aromatic heterocycles. The molecular formula is C9H13BO. The molecule has 0 fully saturated rings. The first-order valence-corrected chi connectivity index (χ1v) is 3.91. The monoisotopic (exact) mass is 148 g/mol. The first-order valence-electron chi connectivity index (χ1n) is 3.91. The normalized spacial score (nSPS) is 10.5. The molecule has 0 heterocycles. The maximum atomic E-state index is 9.23. The Kier molecular flexibility index (Phi) is 2.23. The Morgan fingerprint density at radius 2 is 2.00 bits per heavy atom. The van der Waals surface area contributed by atoms with Crippen LogP contribution >= 0.6 is 0 Å². The van der Waals surface area contributed by atoms with Crippen LogP contribution in [-0.4, -0.2) is 13.0 Å². The van der Waals surface area contributed by atoms with E-state index in [1.54, 1.807) is 6.07 Å². The Labute approximate surface area is 68.5 Å². The van der Waals surface area contributed by atoms with Gasteiger partial charge in [0, 0.05) is 0 Å². The molecule has 0 radical (unpaired) electrons. The summed E-state index contributed by atoms with van der Waals surface area (Å²) in [5.41, 5.74) is 2.23. The van der Waals surface area contributed by atoms with E-state index in [4.69, 9.17) is 0 Å². The van der Waals surface area contributed by atoms with Gasteiger partial charge in [-0.15, -0.1) is 0 Å². The Hall–Kier alpha value is -0.915. The minimum Gasteiger partial charge on any atom is -0.509 e. The summed E-state index contributed by atoms with van der Waals surface area (Å²) >= 11 is 0. The molecule has 1 rings (SSSR count). The fraction of sp³-hybridized carbons (Fsp3) is 0.333. The minimum absolute atomic E-state index is 0.384. The third-order valence-corrected chi connectivity index (χ3v) is 1.89. The second-order valence-corrected chi connectivity index (χ2v) is 3.20. The van der Waals surface area contributed by atoms with Crippen LogP contribution < -0.4 is 5.46 Å². The van der Waals surface area contributed by atoms with Crippen molar-refractivity contribution in [3.63, 3.8) is 0 Å². The molecule has 0 saturated heterocycles. The zero-order valence-electron chi connectivity index (χ0n) is 7.26. The van der Waals surface area contributed by atoms with E-state index >= 15 is 0 Å². The predicted molar refractivity (Wildman–Crippen MR) is 50.4 cm³/mol. The molecule has 2 heteroatoms. The van der Waals surface area contributed by atoms with Gasteiger partial charge in [0.25, 0.3) is 0 Å². The van der Waals surface area contributed by atoms with Gasteiger partial charge < -0.3 is 5.11 Å². The van der Waals surface area contributed by atoms with Crippen LogP contribution in [0.4, 0.5) is 0 Å². The molecular weight excluding hydrogens is 135 g/mol. The van der Waals surface area contributed by atoms with Gasteiger partial charge in [0.1, 0.15) is 13.6 Å². The molecule has 1 aromatic rings. The van der Waals surface area contributed by atoms with Crippen molar-refractivity contribution in [3.05, 3.63) is 23.8 Å². The second-order valence-electron chi connectivity index (χ2n) is 3.20. The Morgan fingerprint density at radius 3 is 2.45 bits per heavy atom. The summed E-state index contributed by atoms with van der Waals surface area (Å²) in [5, 5.41) is 9.23. The van der Waals surface area contributed by atoms with Crippen molar-refractivity contribution < 1.29 is 5.11 Å². The van der Waals surface area contributed by atoms with E-state index in [9.17, 15) is 5.11 Å². The van der Waals surface area contributed by atoms with E-state index < -0.39 is 0 Å². The number of phenols is 1. The summed E-state index contributed by atoms with van der Waals surface area (Å²) in [7, 11) is 1.92. The van der Waals surface area contributed by atoms with E-state index in [1.807, 2.05) is 20.0 Å². The number of benzene rings is 1. The highest BCUT2D eigenvalue weighted by atomic mass is 16.3. The smallest absolute Gasteiger partial charge is 0.144 e. The average Bonchev–Trinajstić information content (AvgIpc) is 1.94. The average molecular weight is 148 g/mol. The summed E-state index contributed by atoms with van der Waals surface area (Å²) < 4.78 is 0. The quantitative estimate of drug-likeness (QED) is 0.583. The largest absolute Gasteiger partial charge is 0.509 e. The SMILES string of the molecule is Bc1cc(C(C)C)ccc1O. The van der Waals surface area contributed by atoms with Gasteiger partial charge in [-0.3, -0.25) is 0 Å².